The lowest BCUT2D eigenvalue weighted by atomic mass is 10.2. The molecule has 1 aromatic heterocycles. The summed E-state index contributed by atoms with van der Waals surface area (Å²) in [7, 11) is 0. The summed E-state index contributed by atoms with van der Waals surface area (Å²) < 4.78 is 5.71. The van der Waals surface area contributed by atoms with Gasteiger partial charge in [-0.3, -0.25) is 0 Å². The van der Waals surface area contributed by atoms with Crippen molar-refractivity contribution in [1.29, 1.82) is 0 Å². The van der Waals surface area contributed by atoms with Crippen molar-refractivity contribution in [3.05, 3.63) is 59.2 Å². The Balaban J connectivity index is 1.75. The Labute approximate surface area is 138 Å². The minimum atomic E-state index is 0.426. The van der Waals surface area contributed by atoms with E-state index in [1.54, 1.807) is 24.5 Å². The molecule has 0 aliphatic carbocycles. The van der Waals surface area contributed by atoms with E-state index in [1.807, 2.05) is 37.3 Å². The van der Waals surface area contributed by atoms with Crippen LogP contribution in [0, 0.1) is 0 Å². The molecule has 0 bridgehead atoms. The molecule has 6 heteroatoms. The molecule has 0 radical (unpaired) electrons. The topological polar surface area (TPSA) is 56.6 Å². The van der Waals surface area contributed by atoms with Gasteiger partial charge in [0.2, 0.25) is 5.88 Å². The van der Waals surface area contributed by atoms with Crippen molar-refractivity contribution >= 4 is 28.8 Å². The van der Waals surface area contributed by atoms with Gasteiger partial charge < -0.3 is 9.57 Å². The van der Waals surface area contributed by atoms with Crippen LogP contribution in [0.1, 0.15) is 12.5 Å². The number of fused-ring (bicyclic) bond motifs is 1. The quantitative estimate of drug-likeness (QED) is 0.513. The molecule has 0 aliphatic rings. The molecule has 23 heavy (non-hydrogen) atoms. The lowest BCUT2D eigenvalue weighted by molar-refractivity contribution is 0.160. The number of nitrogens with zero attached hydrogens (tertiary/aromatic N) is 3. The van der Waals surface area contributed by atoms with Crippen LogP contribution in [0.5, 0.6) is 11.6 Å². The predicted octanol–water partition coefficient (Wildman–Crippen LogP) is 4.45. The van der Waals surface area contributed by atoms with Gasteiger partial charge in [0, 0.05) is 5.02 Å². The van der Waals surface area contributed by atoms with E-state index in [0.717, 1.165) is 16.6 Å². The molecule has 0 spiro atoms. The van der Waals surface area contributed by atoms with Crippen LogP contribution >= 0.6 is 11.6 Å². The van der Waals surface area contributed by atoms with Gasteiger partial charge >= 0.3 is 0 Å². The zero-order valence-corrected chi connectivity index (χ0v) is 13.2. The molecule has 5 nitrogen and oxygen atoms in total. The number of ether oxygens (including phenoxy) is 1. The van der Waals surface area contributed by atoms with Crippen LogP contribution in [0.2, 0.25) is 5.02 Å². The molecular formula is C17H14ClN3O2. The highest BCUT2D eigenvalue weighted by Gasteiger charge is 2.03. The number of hydrogen-bond acceptors (Lipinski definition) is 5. The fraction of sp³-hybridized carbons (Fsp3) is 0.118. The number of oxime groups is 1. The Morgan fingerprint density at radius 1 is 1.13 bits per heavy atom. The molecule has 0 N–H and O–H groups in total. The van der Waals surface area contributed by atoms with Gasteiger partial charge in [-0.05, 0) is 55.0 Å². The predicted molar refractivity (Wildman–Crippen MR) is 90.3 cm³/mol. The first-order chi connectivity index (χ1) is 11.2. The second-order valence-electron chi connectivity index (χ2n) is 4.66. The maximum atomic E-state index is 5.93. The molecular weight excluding hydrogens is 314 g/mol. The van der Waals surface area contributed by atoms with Crippen molar-refractivity contribution in [3.8, 4) is 11.6 Å². The van der Waals surface area contributed by atoms with E-state index in [-0.39, 0.29) is 0 Å². The second kappa shape index (κ2) is 7.07. The van der Waals surface area contributed by atoms with Crippen LogP contribution in [-0.2, 0) is 4.84 Å². The van der Waals surface area contributed by atoms with E-state index in [9.17, 15) is 0 Å². The minimum Gasteiger partial charge on any atom is -0.437 e. The van der Waals surface area contributed by atoms with E-state index in [0.29, 0.717) is 23.3 Å². The fourth-order valence-electron chi connectivity index (χ4n) is 1.93. The van der Waals surface area contributed by atoms with Gasteiger partial charge in [0.25, 0.3) is 0 Å². The standard InChI is InChI=1S/C17H14ClN3O2/c1-2-22-20-10-12-3-6-14(7-4-12)23-17-11-19-16-9-13(18)5-8-15(16)21-17/h3-11H,2H2,1H3/b20-10+. The smallest absolute Gasteiger partial charge is 0.238 e. The van der Waals surface area contributed by atoms with E-state index in [2.05, 4.69) is 15.1 Å². The third-order valence-corrected chi connectivity index (χ3v) is 3.23. The molecule has 0 saturated carbocycles. The van der Waals surface area contributed by atoms with E-state index in [1.165, 1.54) is 0 Å². The second-order valence-corrected chi connectivity index (χ2v) is 5.10. The summed E-state index contributed by atoms with van der Waals surface area (Å²) in [5, 5.41) is 4.45. The summed E-state index contributed by atoms with van der Waals surface area (Å²) in [6, 6.07) is 12.8. The van der Waals surface area contributed by atoms with Crippen molar-refractivity contribution in [2.75, 3.05) is 6.61 Å². The normalized spacial score (nSPS) is 11.0. The summed E-state index contributed by atoms with van der Waals surface area (Å²) in [6.07, 6.45) is 3.22. The van der Waals surface area contributed by atoms with Gasteiger partial charge in [-0.15, -0.1) is 0 Å². The molecule has 0 unspecified atom stereocenters. The highest BCUT2D eigenvalue weighted by atomic mass is 35.5. The third-order valence-electron chi connectivity index (χ3n) is 2.99. The highest BCUT2D eigenvalue weighted by molar-refractivity contribution is 6.31. The first-order valence-electron chi connectivity index (χ1n) is 7.10. The summed E-state index contributed by atoms with van der Waals surface area (Å²) >= 11 is 5.93. The average molecular weight is 328 g/mol. The van der Waals surface area contributed by atoms with Gasteiger partial charge in [-0.1, -0.05) is 16.8 Å². The highest BCUT2D eigenvalue weighted by Crippen LogP contribution is 2.22. The number of rotatable bonds is 5. The van der Waals surface area contributed by atoms with Crippen molar-refractivity contribution in [3.63, 3.8) is 0 Å². The lowest BCUT2D eigenvalue weighted by Crippen LogP contribution is -1.91. The maximum Gasteiger partial charge on any atom is 0.238 e. The molecule has 0 amide bonds. The summed E-state index contributed by atoms with van der Waals surface area (Å²) in [6.45, 7) is 2.43. The van der Waals surface area contributed by atoms with E-state index >= 15 is 0 Å². The minimum absolute atomic E-state index is 0.426. The van der Waals surface area contributed by atoms with Gasteiger partial charge in [-0.25, -0.2) is 9.97 Å². The van der Waals surface area contributed by atoms with E-state index < -0.39 is 0 Å². The number of halogens is 1. The Bertz CT molecular complexity index is 835. The SMILES string of the molecule is CCO/N=C/c1ccc(Oc2cnc3cc(Cl)ccc3n2)cc1. The van der Waals surface area contributed by atoms with Crippen LogP contribution in [0.25, 0.3) is 11.0 Å². The van der Waals surface area contributed by atoms with Crippen LogP contribution in [-0.4, -0.2) is 22.8 Å². The van der Waals surface area contributed by atoms with Crippen molar-refractivity contribution < 1.29 is 9.57 Å². The monoisotopic (exact) mass is 327 g/mol. The summed E-state index contributed by atoms with van der Waals surface area (Å²) in [5.41, 5.74) is 2.38. The average Bonchev–Trinajstić information content (AvgIpc) is 2.57. The first-order valence-corrected chi connectivity index (χ1v) is 7.48. The van der Waals surface area contributed by atoms with Crippen LogP contribution in [0.3, 0.4) is 0 Å². The van der Waals surface area contributed by atoms with Crippen LogP contribution in [0.4, 0.5) is 0 Å². The Hall–Kier alpha value is -2.66. The molecule has 0 fully saturated rings. The maximum absolute atomic E-state index is 5.93. The Kier molecular flexibility index (Phi) is 4.68. The first kappa shape index (κ1) is 15.2. The van der Waals surface area contributed by atoms with Gasteiger partial charge in [0.15, 0.2) is 0 Å². The fourth-order valence-corrected chi connectivity index (χ4v) is 2.10. The van der Waals surface area contributed by atoms with Crippen LogP contribution < -0.4 is 4.74 Å². The molecule has 0 aliphatic heterocycles. The number of hydrogen-bond donors (Lipinski definition) is 0. The largest absolute Gasteiger partial charge is 0.437 e. The molecule has 1 heterocycles. The van der Waals surface area contributed by atoms with E-state index in [4.69, 9.17) is 21.2 Å². The van der Waals surface area contributed by atoms with Gasteiger partial charge in [-0.2, -0.15) is 0 Å². The molecule has 116 valence electrons. The Morgan fingerprint density at radius 2 is 1.96 bits per heavy atom. The third kappa shape index (κ3) is 3.96. The zero-order valence-electron chi connectivity index (χ0n) is 12.4. The van der Waals surface area contributed by atoms with Crippen molar-refractivity contribution in [1.82, 2.24) is 9.97 Å². The zero-order chi connectivity index (χ0) is 16.1. The van der Waals surface area contributed by atoms with Crippen molar-refractivity contribution in [2.24, 2.45) is 5.16 Å². The molecule has 3 aromatic rings. The Morgan fingerprint density at radius 3 is 2.74 bits per heavy atom. The number of benzene rings is 2. The number of aromatic nitrogens is 2. The van der Waals surface area contributed by atoms with Crippen LogP contribution in [0.15, 0.2) is 53.8 Å². The molecule has 0 saturated heterocycles. The van der Waals surface area contributed by atoms with Gasteiger partial charge in [0.1, 0.15) is 12.4 Å². The van der Waals surface area contributed by atoms with Crippen molar-refractivity contribution in [2.45, 2.75) is 6.92 Å². The molecule has 3 rings (SSSR count). The summed E-state index contributed by atoms with van der Waals surface area (Å²) in [4.78, 5) is 13.6. The molecule has 2 aromatic carbocycles. The lowest BCUT2D eigenvalue weighted by Gasteiger charge is -2.05. The summed E-state index contributed by atoms with van der Waals surface area (Å²) in [5.74, 6) is 1.09. The molecule has 0 atom stereocenters. The van der Waals surface area contributed by atoms with Gasteiger partial charge in [0.05, 0.1) is 23.4 Å².